The van der Waals surface area contributed by atoms with Gasteiger partial charge in [0.1, 0.15) is 33.8 Å². The lowest BCUT2D eigenvalue weighted by Gasteiger charge is -2.03. The third-order valence-electron chi connectivity index (χ3n) is 4.17. The first kappa shape index (κ1) is 20.4. The number of ketones is 1. The summed E-state index contributed by atoms with van der Waals surface area (Å²) in [7, 11) is 0. The molecule has 156 valence electrons. The second-order valence-corrected chi connectivity index (χ2v) is 7.34. The third kappa shape index (κ3) is 4.36. The number of pyridine rings is 1. The summed E-state index contributed by atoms with van der Waals surface area (Å²) in [5.74, 6) is -5.36. The molecule has 11 heteroatoms. The van der Waals surface area contributed by atoms with Crippen LogP contribution in [-0.4, -0.2) is 31.9 Å². The van der Waals surface area contributed by atoms with Gasteiger partial charge in [0.25, 0.3) is 5.91 Å². The molecule has 0 aliphatic rings. The fourth-order valence-corrected chi connectivity index (χ4v) is 3.49. The fourth-order valence-electron chi connectivity index (χ4n) is 2.73. The van der Waals surface area contributed by atoms with E-state index in [2.05, 4.69) is 25.5 Å². The molecule has 0 atom stereocenters. The fraction of sp³-hybridized carbons (Fsp3) is 0.0500. The monoisotopic (exact) mass is 443 g/mol. The largest absolute Gasteiger partial charge is 0.356 e. The summed E-state index contributed by atoms with van der Waals surface area (Å²) in [5, 5.41) is 11.8. The number of nitrogens with zero attached hydrogens (tertiary/aromatic N) is 3. The van der Waals surface area contributed by atoms with Crippen molar-refractivity contribution >= 4 is 23.0 Å². The molecule has 4 rings (SSSR count). The van der Waals surface area contributed by atoms with Crippen LogP contribution in [0.1, 0.15) is 31.4 Å². The van der Waals surface area contributed by atoms with Gasteiger partial charge in [0.15, 0.2) is 10.8 Å². The minimum absolute atomic E-state index is 0.000688. The van der Waals surface area contributed by atoms with Gasteiger partial charge in [-0.25, -0.2) is 13.2 Å². The zero-order valence-electron chi connectivity index (χ0n) is 15.5. The molecule has 2 N–H and O–H groups in total. The number of hydrogen-bond acceptors (Lipinski definition) is 6. The van der Waals surface area contributed by atoms with Crippen molar-refractivity contribution in [2.24, 2.45) is 0 Å². The second-order valence-electron chi connectivity index (χ2n) is 6.27. The Kier molecular flexibility index (Phi) is 5.58. The maximum Gasteiger partial charge on any atom is 0.268 e. The van der Waals surface area contributed by atoms with E-state index in [0.29, 0.717) is 27.8 Å². The van der Waals surface area contributed by atoms with E-state index in [4.69, 9.17) is 0 Å². The molecule has 0 saturated heterocycles. The molecule has 0 spiro atoms. The standard InChI is InChI=1S/C20H12F3N5O2S/c21-11-6-12(22)17(13(23)7-11)18(29)10-5-15(25-8-10)19(30)26-9-16-27-28-20(31-16)14-3-1-2-4-24-14/h1-8,25H,9H2,(H,26,30). The zero-order valence-corrected chi connectivity index (χ0v) is 16.3. The first-order chi connectivity index (χ1) is 14.9. The quantitative estimate of drug-likeness (QED) is 0.444. The Morgan fingerprint density at radius 2 is 1.84 bits per heavy atom. The zero-order chi connectivity index (χ0) is 22.0. The van der Waals surface area contributed by atoms with Crippen molar-refractivity contribution in [3.8, 4) is 10.7 Å². The molecule has 0 fully saturated rings. The maximum atomic E-state index is 13.8. The number of carbonyl (C=O) groups is 2. The summed E-state index contributed by atoms with van der Waals surface area (Å²) in [5.41, 5.74) is -0.391. The molecule has 0 radical (unpaired) electrons. The van der Waals surface area contributed by atoms with Gasteiger partial charge in [-0.05, 0) is 18.2 Å². The molecule has 3 heterocycles. The van der Waals surface area contributed by atoms with Gasteiger partial charge in [0.05, 0.1) is 12.1 Å². The van der Waals surface area contributed by atoms with E-state index in [-0.39, 0.29) is 17.8 Å². The van der Waals surface area contributed by atoms with Crippen LogP contribution in [0, 0.1) is 17.5 Å². The van der Waals surface area contributed by atoms with Gasteiger partial charge < -0.3 is 10.3 Å². The van der Waals surface area contributed by atoms with Gasteiger partial charge in [0, 0.05) is 30.1 Å². The number of aromatic amines is 1. The summed E-state index contributed by atoms with van der Waals surface area (Å²) >= 11 is 1.26. The lowest BCUT2D eigenvalue weighted by Crippen LogP contribution is -2.23. The topological polar surface area (TPSA) is 101 Å². The predicted molar refractivity (Wildman–Crippen MR) is 105 cm³/mol. The van der Waals surface area contributed by atoms with Gasteiger partial charge in [-0.3, -0.25) is 14.6 Å². The molecule has 0 bridgehead atoms. The Balaban J connectivity index is 1.43. The highest BCUT2D eigenvalue weighted by atomic mass is 32.1. The molecule has 3 aromatic heterocycles. The minimum Gasteiger partial charge on any atom is -0.356 e. The van der Waals surface area contributed by atoms with Crippen molar-refractivity contribution in [1.82, 2.24) is 25.5 Å². The van der Waals surface area contributed by atoms with Crippen LogP contribution in [0.5, 0.6) is 0 Å². The summed E-state index contributed by atoms with van der Waals surface area (Å²) in [4.78, 5) is 31.5. The minimum atomic E-state index is -1.32. The average molecular weight is 443 g/mol. The van der Waals surface area contributed by atoms with E-state index in [1.54, 1.807) is 18.3 Å². The second kappa shape index (κ2) is 8.48. The molecule has 31 heavy (non-hydrogen) atoms. The Bertz CT molecular complexity index is 1250. The number of aromatic nitrogens is 4. The molecule has 4 aromatic rings. The third-order valence-corrected chi connectivity index (χ3v) is 5.12. The van der Waals surface area contributed by atoms with Crippen LogP contribution in [0.3, 0.4) is 0 Å². The van der Waals surface area contributed by atoms with Gasteiger partial charge in [0.2, 0.25) is 0 Å². The molecule has 0 unspecified atom stereocenters. The van der Waals surface area contributed by atoms with Crippen LogP contribution in [-0.2, 0) is 6.54 Å². The normalized spacial score (nSPS) is 10.8. The van der Waals surface area contributed by atoms with Gasteiger partial charge in [-0.15, -0.1) is 10.2 Å². The Labute approximate surface area is 177 Å². The van der Waals surface area contributed by atoms with Crippen LogP contribution in [0.15, 0.2) is 48.8 Å². The highest BCUT2D eigenvalue weighted by molar-refractivity contribution is 7.14. The first-order valence-corrected chi connectivity index (χ1v) is 9.63. The number of amides is 1. The van der Waals surface area contributed by atoms with Crippen molar-refractivity contribution in [1.29, 1.82) is 0 Å². The van der Waals surface area contributed by atoms with Gasteiger partial charge >= 0.3 is 0 Å². The molecule has 1 aromatic carbocycles. The van der Waals surface area contributed by atoms with Gasteiger partial charge in [-0.1, -0.05) is 17.4 Å². The lowest BCUT2D eigenvalue weighted by molar-refractivity contribution is 0.0946. The van der Waals surface area contributed by atoms with Crippen LogP contribution in [0.2, 0.25) is 0 Å². The number of rotatable bonds is 6. The van der Waals surface area contributed by atoms with E-state index in [0.717, 1.165) is 12.3 Å². The van der Waals surface area contributed by atoms with Crippen molar-refractivity contribution in [3.63, 3.8) is 0 Å². The van der Waals surface area contributed by atoms with E-state index in [1.165, 1.54) is 11.3 Å². The smallest absolute Gasteiger partial charge is 0.268 e. The molecular weight excluding hydrogens is 431 g/mol. The van der Waals surface area contributed by atoms with Crippen molar-refractivity contribution < 1.29 is 22.8 Å². The SMILES string of the molecule is O=C(NCc1nnc(-c2ccccn2)s1)c1cc(C(=O)c2c(F)cc(F)cc2F)c[nH]1. The maximum absolute atomic E-state index is 13.8. The molecule has 7 nitrogen and oxygen atoms in total. The number of halogens is 3. The average Bonchev–Trinajstić information content (AvgIpc) is 3.42. The number of H-pyrrole nitrogens is 1. The van der Waals surface area contributed by atoms with E-state index >= 15 is 0 Å². The van der Waals surface area contributed by atoms with E-state index in [9.17, 15) is 22.8 Å². The molecular formula is C20H12F3N5O2S. The Morgan fingerprint density at radius 1 is 1.06 bits per heavy atom. The van der Waals surface area contributed by atoms with Crippen LogP contribution < -0.4 is 5.32 Å². The molecule has 0 aliphatic heterocycles. The van der Waals surface area contributed by atoms with E-state index in [1.807, 2.05) is 6.07 Å². The Morgan fingerprint density at radius 3 is 2.55 bits per heavy atom. The van der Waals surface area contributed by atoms with Crippen LogP contribution in [0.25, 0.3) is 10.7 Å². The van der Waals surface area contributed by atoms with Crippen molar-refractivity contribution in [2.45, 2.75) is 6.54 Å². The van der Waals surface area contributed by atoms with Crippen LogP contribution >= 0.6 is 11.3 Å². The highest BCUT2D eigenvalue weighted by Gasteiger charge is 2.22. The van der Waals surface area contributed by atoms with E-state index < -0.39 is 34.7 Å². The van der Waals surface area contributed by atoms with Crippen molar-refractivity contribution in [2.75, 3.05) is 0 Å². The number of hydrogen-bond donors (Lipinski definition) is 2. The van der Waals surface area contributed by atoms with Gasteiger partial charge in [-0.2, -0.15) is 0 Å². The van der Waals surface area contributed by atoms with Crippen LogP contribution in [0.4, 0.5) is 13.2 Å². The Hall–Kier alpha value is -3.86. The number of carbonyl (C=O) groups excluding carboxylic acids is 2. The summed E-state index contributed by atoms with van der Waals surface area (Å²) in [6, 6.07) is 7.36. The highest BCUT2D eigenvalue weighted by Crippen LogP contribution is 2.21. The number of benzene rings is 1. The van der Waals surface area contributed by atoms with Crippen molar-refractivity contribution in [3.05, 3.63) is 88.1 Å². The molecule has 0 aliphatic carbocycles. The first-order valence-electron chi connectivity index (χ1n) is 8.82. The predicted octanol–water partition coefficient (Wildman–Crippen LogP) is 3.51. The molecule has 0 saturated carbocycles. The lowest BCUT2D eigenvalue weighted by atomic mass is 10.0. The molecule has 1 amide bonds. The summed E-state index contributed by atoms with van der Waals surface area (Å²) < 4.78 is 40.7. The number of nitrogens with one attached hydrogen (secondary N) is 2. The summed E-state index contributed by atoms with van der Waals surface area (Å²) in [6.45, 7) is 0.0762. The summed E-state index contributed by atoms with van der Waals surface area (Å²) in [6.07, 6.45) is 2.77.